The lowest BCUT2D eigenvalue weighted by Crippen LogP contribution is -2.23. The fourth-order valence-corrected chi connectivity index (χ4v) is 2.76. The van der Waals surface area contributed by atoms with Gasteiger partial charge in [0.25, 0.3) is 0 Å². The van der Waals surface area contributed by atoms with E-state index in [1.54, 1.807) is 0 Å². The van der Waals surface area contributed by atoms with Crippen molar-refractivity contribution in [2.24, 2.45) is 5.92 Å². The van der Waals surface area contributed by atoms with Gasteiger partial charge in [-0.15, -0.1) is 0 Å². The lowest BCUT2D eigenvalue weighted by molar-refractivity contribution is 0.469. The second kappa shape index (κ2) is 7.88. The Hall–Kier alpha value is -0.340. The van der Waals surface area contributed by atoms with E-state index in [1.807, 2.05) is 0 Å². The molecule has 0 bridgehead atoms. The highest BCUT2D eigenvalue weighted by atomic mass is 79.9. The fraction of sp³-hybridized carbons (Fsp3) is 0.600. The van der Waals surface area contributed by atoms with E-state index >= 15 is 0 Å². The molecule has 0 heterocycles. The van der Waals surface area contributed by atoms with Crippen molar-refractivity contribution in [2.75, 3.05) is 13.1 Å². The first kappa shape index (κ1) is 14.7. The molecule has 0 aliphatic heterocycles. The molecule has 0 saturated carbocycles. The third-order valence-electron chi connectivity index (χ3n) is 2.92. The van der Waals surface area contributed by atoms with E-state index in [9.17, 15) is 0 Å². The van der Waals surface area contributed by atoms with Crippen LogP contribution in [0.2, 0.25) is 0 Å². The Morgan fingerprint density at radius 1 is 1.24 bits per heavy atom. The Morgan fingerprint density at radius 2 is 1.94 bits per heavy atom. The molecule has 96 valence electrons. The van der Waals surface area contributed by atoms with Gasteiger partial charge in [0.15, 0.2) is 0 Å². The zero-order valence-corrected chi connectivity index (χ0v) is 12.8. The number of hydrogen-bond donors (Lipinski definition) is 1. The van der Waals surface area contributed by atoms with Crippen LogP contribution in [-0.2, 0) is 0 Å². The van der Waals surface area contributed by atoms with Gasteiger partial charge < -0.3 is 5.32 Å². The summed E-state index contributed by atoms with van der Waals surface area (Å²) in [4.78, 5) is 0. The second-order valence-corrected chi connectivity index (χ2v) is 5.91. The van der Waals surface area contributed by atoms with Gasteiger partial charge in [0.1, 0.15) is 0 Å². The van der Waals surface area contributed by atoms with Gasteiger partial charge in [0, 0.05) is 11.0 Å². The third kappa shape index (κ3) is 5.22. The quantitative estimate of drug-likeness (QED) is 0.727. The lowest BCUT2D eigenvalue weighted by atomic mass is 9.90. The Kier molecular flexibility index (Phi) is 6.83. The molecular formula is C15H24BrN. The number of benzene rings is 1. The summed E-state index contributed by atoms with van der Waals surface area (Å²) in [5.41, 5.74) is 1.44. The number of nitrogens with one attached hydrogen (secondary N) is 1. The Balaban J connectivity index is 2.71. The summed E-state index contributed by atoms with van der Waals surface area (Å²) in [7, 11) is 0. The van der Waals surface area contributed by atoms with Gasteiger partial charge in [0.2, 0.25) is 0 Å². The zero-order chi connectivity index (χ0) is 12.7. The SMILES string of the molecule is CCCNCC(CC(C)C)c1ccccc1Br. The molecule has 0 fully saturated rings. The van der Waals surface area contributed by atoms with E-state index in [0.717, 1.165) is 19.0 Å². The summed E-state index contributed by atoms with van der Waals surface area (Å²) in [6.45, 7) is 8.99. The van der Waals surface area contributed by atoms with Gasteiger partial charge in [-0.1, -0.05) is 54.9 Å². The molecule has 1 N–H and O–H groups in total. The van der Waals surface area contributed by atoms with Crippen LogP contribution in [0, 0.1) is 5.92 Å². The van der Waals surface area contributed by atoms with Crippen LogP contribution in [0.3, 0.4) is 0 Å². The summed E-state index contributed by atoms with van der Waals surface area (Å²) < 4.78 is 1.24. The zero-order valence-electron chi connectivity index (χ0n) is 11.2. The van der Waals surface area contributed by atoms with Crippen LogP contribution in [0.1, 0.15) is 45.1 Å². The van der Waals surface area contributed by atoms with E-state index in [0.29, 0.717) is 5.92 Å². The minimum atomic E-state index is 0.608. The summed E-state index contributed by atoms with van der Waals surface area (Å²) in [6, 6.07) is 8.60. The van der Waals surface area contributed by atoms with Crippen molar-refractivity contribution < 1.29 is 0 Å². The Bertz CT molecular complexity index is 322. The average molecular weight is 298 g/mol. The van der Waals surface area contributed by atoms with Gasteiger partial charge in [0.05, 0.1) is 0 Å². The van der Waals surface area contributed by atoms with E-state index in [4.69, 9.17) is 0 Å². The van der Waals surface area contributed by atoms with Crippen molar-refractivity contribution in [1.82, 2.24) is 5.32 Å². The van der Waals surface area contributed by atoms with Crippen LogP contribution in [0.5, 0.6) is 0 Å². The predicted molar refractivity (Wildman–Crippen MR) is 79.5 cm³/mol. The average Bonchev–Trinajstić information content (AvgIpc) is 2.28. The van der Waals surface area contributed by atoms with Crippen LogP contribution in [0.25, 0.3) is 0 Å². The molecule has 17 heavy (non-hydrogen) atoms. The largest absolute Gasteiger partial charge is 0.316 e. The first-order chi connectivity index (χ1) is 8.15. The highest BCUT2D eigenvalue weighted by Gasteiger charge is 2.15. The summed E-state index contributed by atoms with van der Waals surface area (Å²) in [5, 5.41) is 3.55. The molecule has 1 nitrogen and oxygen atoms in total. The molecule has 1 aromatic rings. The van der Waals surface area contributed by atoms with E-state index < -0.39 is 0 Å². The molecule has 1 unspecified atom stereocenters. The molecule has 2 heteroatoms. The standard InChI is InChI=1S/C15H24BrN/c1-4-9-17-11-13(10-12(2)3)14-7-5-6-8-15(14)16/h5-8,12-13,17H,4,9-11H2,1-3H3. The lowest BCUT2D eigenvalue weighted by Gasteiger charge is -2.21. The number of hydrogen-bond acceptors (Lipinski definition) is 1. The number of halogens is 1. The molecule has 0 saturated heterocycles. The van der Waals surface area contributed by atoms with Crippen molar-refractivity contribution in [3.63, 3.8) is 0 Å². The van der Waals surface area contributed by atoms with Crippen LogP contribution in [0.15, 0.2) is 28.7 Å². The minimum Gasteiger partial charge on any atom is -0.316 e. The van der Waals surface area contributed by atoms with Gasteiger partial charge in [-0.05, 0) is 42.9 Å². The molecule has 0 aromatic heterocycles. The minimum absolute atomic E-state index is 0.608. The molecule has 1 rings (SSSR count). The van der Waals surface area contributed by atoms with Gasteiger partial charge in [-0.2, -0.15) is 0 Å². The van der Waals surface area contributed by atoms with Crippen molar-refractivity contribution in [1.29, 1.82) is 0 Å². The molecule has 0 radical (unpaired) electrons. The van der Waals surface area contributed by atoms with Gasteiger partial charge >= 0.3 is 0 Å². The molecule has 1 atom stereocenters. The smallest absolute Gasteiger partial charge is 0.0210 e. The molecule has 0 spiro atoms. The third-order valence-corrected chi connectivity index (χ3v) is 3.64. The molecular weight excluding hydrogens is 274 g/mol. The first-order valence-electron chi connectivity index (χ1n) is 6.60. The van der Waals surface area contributed by atoms with Gasteiger partial charge in [-0.25, -0.2) is 0 Å². The maximum Gasteiger partial charge on any atom is 0.0210 e. The van der Waals surface area contributed by atoms with Crippen LogP contribution >= 0.6 is 15.9 Å². The second-order valence-electron chi connectivity index (χ2n) is 5.05. The van der Waals surface area contributed by atoms with Gasteiger partial charge in [-0.3, -0.25) is 0 Å². The summed E-state index contributed by atoms with van der Waals surface area (Å²) in [5.74, 6) is 1.34. The highest BCUT2D eigenvalue weighted by molar-refractivity contribution is 9.10. The van der Waals surface area contributed by atoms with E-state index in [1.165, 1.54) is 22.9 Å². The van der Waals surface area contributed by atoms with E-state index in [-0.39, 0.29) is 0 Å². The predicted octanol–water partition coefficient (Wildman–Crippen LogP) is 4.58. The Morgan fingerprint density at radius 3 is 2.53 bits per heavy atom. The van der Waals surface area contributed by atoms with Crippen LogP contribution in [-0.4, -0.2) is 13.1 Å². The maximum atomic E-state index is 3.67. The monoisotopic (exact) mass is 297 g/mol. The highest BCUT2D eigenvalue weighted by Crippen LogP contribution is 2.29. The van der Waals surface area contributed by atoms with E-state index in [2.05, 4.69) is 66.3 Å². The maximum absolute atomic E-state index is 3.67. The molecule has 0 aliphatic carbocycles. The van der Waals surface area contributed by atoms with Crippen LogP contribution < -0.4 is 5.32 Å². The van der Waals surface area contributed by atoms with Crippen LogP contribution in [0.4, 0.5) is 0 Å². The van der Waals surface area contributed by atoms with Crippen molar-refractivity contribution >= 4 is 15.9 Å². The normalized spacial score (nSPS) is 13.0. The fourth-order valence-electron chi connectivity index (χ4n) is 2.15. The molecule has 1 aromatic carbocycles. The molecule has 0 amide bonds. The summed E-state index contributed by atoms with van der Waals surface area (Å²) >= 11 is 3.67. The van der Waals surface area contributed by atoms with Crippen molar-refractivity contribution in [2.45, 2.75) is 39.5 Å². The van der Waals surface area contributed by atoms with Crippen molar-refractivity contribution in [3.8, 4) is 0 Å². The summed E-state index contributed by atoms with van der Waals surface area (Å²) in [6.07, 6.45) is 2.43. The Labute approximate surface area is 114 Å². The first-order valence-corrected chi connectivity index (χ1v) is 7.39. The van der Waals surface area contributed by atoms with Crippen molar-refractivity contribution in [3.05, 3.63) is 34.3 Å². The molecule has 0 aliphatic rings. The topological polar surface area (TPSA) is 12.0 Å². The number of rotatable bonds is 7.